The highest BCUT2D eigenvalue weighted by atomic mass is 19.1. The van der Waals surface area contributed by atoms with E-state index in [1.54, 1.807) is 0 Å². The highest BCUT2D eigenvalue weighted by molar-refractivity contribution is 5.26. The van der Waals surface area contributed by atoms with Crippen molar-refractivity contribution in [2.24, 2.45) is 11.3 Å². The molecule has 2 aliphatic heterocycles. The lowest BCUT2D eigenvalue weighted by Gasteiger charge is -2.49. The van der Waals surface area contributed by atoms with Gasteiger partial charge in [0.15, 0.2) is 5.79 Å². The lowest BCUT2D eigenvalue weighted by molar-refractivity contribution is -0.274. The molecule has 3 nitrogen and oxygen atoms in total. The second-order valence-electron chi connectivity index (χ2n) is 6.52. The van der Waals surface area contributed by atoms with Crippen molar-refractivity contribution in [3.63, 3.8) is 0 Å². The summed E-state index contributed by atoms with van der Waals surface area (Å²) in [4.78, 5) is 2.02. The van der Waals surface area contributed by atoms with Gasteiger partial charge in [0.25, 0.3) is 0 Å². The van der Waals surface area contributed by atoms with Crippen LogP contribution in [0.2, 0.25) is 0 Å². The summed E-state index contributed by atoms with van der Waals surface area (Å²) in [6.07, 6.45) is 2.41. The number of aliphatic hydroxyl groups is 2. The van der Waals surface area contributed by atoms with Crippen LogP contribution in [0.1, 0.15) is 39.5 Å². The third-order valence-corrected chi connectivity index (χ3v) is 5.48. The van der Waals surface area contributed by atoms with E-state index in [9.17, 15) is 14.6 Å². The summed E-state index contributed by atoms with van der Waals surface area (Å²) >= 11 is 0. The van der Waals surface area contributed by atoms with Gasteiger partial charge < -0.3 is 10.2 Å². The normalized spacial score (nSPS) is 40.2. The Morgan fingerprint density at radius 2 is 1.94 bits per heavy atom. The molecule has 3 fully saturated rings. The fraction of sp³-hybridized carbons (Fsp3) is 1.00. The van der Waals surface area contributed by atoms with E-state index in [0.29, 0.717) is 6.54 Å². The van der Waals surface area contributed by atoms with Gasteiger partial charge in [0.1, 0.15) is 6.17 Å². The van der Waals surface area contributed by atoms with Crippen LogP contribution in [-0.2, 0) is 0 Å². The third-order valence-electron chi connectivity index (χ3n) is 5.48. The van der Waals surface area contributed by atoms with E-state index in [-0.39, 0.29) is 17.8 Å². The van der Waals surface area contributed by atoms with Crippen LogP contribution in [0.15, 0.2) is 0 Å². The Hall–Kier alpha value is -0.190. The van der Waals surface area contributed by atoms with E-state index in [1.807, 2.05) is 18.7 Å². The molecule has 3 rings (SSSR count). The van der Waals surface area contributed by atoms with Crippen molar-refractivity contribution in [1.29, 1.82) is 0 Å². The van der Waals surface area contributed by atoms with Gasteiger partial charge in [-0.3, -0.25) is 4.90 Å². The second-order valence-corrected chi connectivity index (χ2v) is 6.52. The van der Waals surface area contributed by atoms with Gasteiger partial charge in [-0.25, -0.2) is 4.39 Å². The first-order valence-corrected chi connectivity index (χ1v) is 6.70. The average molecular weight is 243 g/mol. The van der Waals surface area contributed by atoms with Crippen molar-refractivity contribution in [2.75, 3.05) is 13.1 Å². The molecule has 4 heteroatoms. The Balaban J connectivity index is 2.07. The summed E-state index contributed by atoms with van der Waals surface area (Å²) in [5.74, 6) is -2.05. The maximum Gasteiger partial charge on any atom is 0.184 e. The predicted octanol–water partition coefficient (Wildman–Crippen LogP) is 1.29. The van der Waals surface area contributed by atoms with Crippen LogP contribution in [0.3, 0.4) is 0 Å². The van der Waals surface area contributed by atoms with Crippen molar-refractivity contribution in [1.82, 2.24) is 4.90 Å². The van der Waals surface area contributed by atoms with Gasteiger partial charge in [-0.05, 0) is 31.2 Å². The first-order chi connectivity index (χ1) is 7.86. The van der Waals surface area contributed by atoms with Gasteiger partial charge in [0.05, 0.1) is 5.54 Å². The van der Waals surface area contributed by atoms with Crippen LogP contribution in [0, 0.1) is 11.3 Å². The highest BCUT2D eigenvalue weighted by Gasteiger charge is 2.75. The lowest BCUT2D eigenvalue weighted by Crippen LogP contribution is -2.65. The van der Waals surface area contributed by atoms with Crippen LogP contribution in [0.4, 0.5) is 4.39 Å². The summed E-state index contributed by atoms with van der Waals surface area (Å²) in [7, 11) is 0. The van der Waals surface area contributed by atoms with Gasteiger partial charge in [-0.2, -0.15) is 0 Å². The molecular formula is C13H22FNO2. The molecule has 0 amide bonds. The summed E-state index contributed by atoms with van der Waals surface area (Å²) in [6.45, 7) is 4.81. The SMILES string of the molecule is CC(C)C(O)(O)[C@]12CC(F)CN1CCC21CC1. The summed E-state index contributed by atoms with van der Waals surface area (Å²) < 4.78 is 13.8. The van der Waals surface area contributed by atoms with Gasteiger partial charge in [-0.1, -0.05) is 13.8 Å². The van der Waals surface area contributed by atoms with E-state index in [0.717, 1.165) is 25.8 Å². The zero-order valence-electron chi connectivity index (χ0n) is 10.6. The van der Waals surface area contributed by atoms with Gasteiger partial charge >= 0.3 is 0 Å². The fourth-order valence-corrected chi connectivity index (χ4v) is 4.36. The number of alkyl halides is 1. The number of hydrogen-bond acceptors (Lipinski definition) is 3. The Labute approximate surface area is 102 Å². The molecule has 1 unspecified atom stereocenters. The van der Waals surface area contributed by atoms with E-state index in [4.69, 9.17) is 0 Å². The molecule has 0 aromatic carbocycles. The zero-order valence-corrected chi connectivity index (χ0v) is 10.6. The standard InChI is InChI=1S/C13H22FNO2/c1-9(2)13(16,17)12-7-10(14)8-15(12)6-5-11(12)3-4-11/h9-10,16-17H,3-8H2,1-2H3/t10?,12-/m1/s1. The van der Waals surface area contributed by atoms with E-state index >= 15 is 0 Å². The number of hydrogen-bond donors (Lipinski definition) is 2. The van der Waals surface area contributed by atoms with Crippen molar-refractivity contribution in [3.05, 3.63) is 0 Å². The smallest absolute Gasteiger partial charge is 0.184 e. The number of halogens is 1. The zero-order chi connectivity index (χ0) is 12.5. The molecular weight excluding hydrogens is 221 g/mol. The van der Waals surface area contributed by atoms with E-state index in [1.165, 1.54) is 0 Å². The summed E-state index contributed by atoms with van der Waals surface area (Å²) in [5.41, 5.74) is -0.755. The lowest BCUT2D eigenvalue weighted by atomic mass is 9.70. The molecule has 2 atom stereocenters. The minimum Gasteiger partial charge on any atom is -0.364 e. The molecule has 0 radical (unpaired) electrons. The Kier molecular flexibility index (Phi) is 2.25. The molecule has 2 saturated heterocycles. The maximum atomic E-state index is 13.8. The number of rotatable bonds is 2. The molecule has 0 aromatic rings. The molecule has 1 spiro atoms. The molecule has 0 aromatic heterocycles. The Morgan fingerprint density at radius 3 is 2.47 bits per heavy atom. The van der Waals surface area contributed by atoms with Crippen LogP contribution < -0.4 is 0 Å². The van der Waals surface area contributed by atoms with Crippen LogP contribution in [0.25, 0.3) is 0 Å². The van der Waals surface area contributed by atoms with E-state index in [2.05, 4.69) is 0 Å². The van der Waals surface area contributed by atoms with Gasteiger partial charge in [0.2, 0.25) is 0 Å². The first kappa shape index (κ1) is 11.9. The molecule has 1 aliphatic carbocycles. The Morgan fingerprint density at radius 1 is 1.29 bits per heavy atom. The van der Waals surface area contributed by atoms with Crippen LogP contribution >= 0.6 is 0 Å². The number of nitrogens with zero attached hydrogens (tertiary/aromatic N) is 1. The van der Waals surface area contributed by atoms with Crippen LogP contribution in [-0.4, -0.2) is 45.7 Å². The second kappa shape index (κ2) is 3.22. The van der Waals surface area contributed by atoms with Crippen molar-refractivity contribution >= 4 is 0 Å². The monoisotopic (exact) mass is 243 g/mol. The average Bonchev–Trinajstić information content (AvgIpc) is 2.85. The third kappa shape index (κ3) is 1.22. The van der Waals surface area contributed by atoms with Crippen molar-refractivity contribution < 1.29 is 14.6 Å². The fourth-order valence-electron chi connectivity index (χ4n) is 4.36. The Bertz CT molecular complexity index is 340. The largest absolute Gasteiger partial charge is 0.364 e. The van der Waals surface area contributed by atoms with Crippen LogP contribution in [0.5, 0.6) is 0 Å². The van der Waals surface area contributed by atoms with E-state index < -0.39 is 17.5 Å². The van der Waals surface area contributed by atoms with Gasteiger partial charge in [-0.15, -0.1) is 0 Å². The molecule has 3 aliphatic rings. The van der Waals surface area contributed by atoms with Gasteiger partial charge in [0, 0.05) is 18.9 Å². The first-order valence-electron chi connectivity index (χ1n) is 6.70. The minimum atomic E-state index is -1.78. The predicted molar refractivity (Wildman–Crippen MR) is 62.1 cm³/mol. The molecule has 2 N–H and O–H groups in total. The summed E-state index contributed by atoms with van der Waals surface area (Å²) in [6, 6.07) is 0. The molecule has 17 heavy (non-hydrogen) atoms. The molecule has 0 bridgehead atoms. The summed E-state index contributed by atoms with van der Waals surface area (Å²) in [5, 5.41) is 21.2. The minimum absolute atomic E-state index is 0.0262. The molecule has 1 saturated carbocycles. The topological polar surface area (TPSA) is 43.7 Å². The van der Waals surface area contributed by atoms with Crippen molar-refractivity contribution in [2.45, 2.75) is 57.0 Å². The highest BCUT2D eigenvalue weighted by Crippen LogP contribution is 2.69. The molecule has 2 heterocycles. The number of fused-ring (bicyclic) bond motifs is 2. The maximum absolute atomic E-state index is 13.8. The molecule has 98 valence electrons. The van der Waals surface area contributed by atoms with Crippen molar-refractivity contribution in [3.8, 4) is 0 Å². The quantitative estimate of drug-likeness (QED) is 0.718.